The number of nitrogens with zero attached hydrogens (tertiary/aromatic N) is 2. The summed E-state index contributed by atoms with van der Waals surface area (Å²) in [5, 5.41) is 11.5. The summed E-state index contributed by atoms with van der Waals surface area (Å²) in [6, 6.07) is 0. The van der Waals surface area contributed by atoms with Crippen molar-refractivity contribution in [3.05, 3.63) is 27.0 Å². The van der Waals surface area contributed by atoms with Gasteiger partial charge < -0.3 is 15.0 Å². The Morgan fingerprint density at radius 1 is 1.40 bits per heavy atom. The molecule has 0 bridgehead atoms. The van der Waals surface area contributed by atoms with Crippen molar-refractivity contribution in [2.24, 2.45) is 14.1 Å². The maximum absolute atomic E-state index is 11.6. The highest BCUT2D eigenvalue weighted by Crippen LogP contribution is 1.94. The SMILES string of the molecule is Cn1cc(NCCCO)c(=O)n(C)c1=O. The van der Waals surface area contributed by atoms with Crippen molar-refractivity contribution in [2.45, 2.75) is 6.42 Å². The number of anilines is 1. The summed E-state index contributed by atoms with van der Waals surface area (Å²) >= 11 is 0. The lowest BCUT2D eigenvalue weighted by molar-refractivity contribution is 0.292. The van der Waals surface area contributed by atoms with Crippen LogP contribution in [-0.4, -0.2) is 27.4 Å². The van der Waals surface area contributed by atoms with E-state index in [0.29, 0.717) is 18.7 Å². The smallest absolute Gasteiger partial charge is 0.330 e. The van der Waals surface area contributed by atoms with E-state index < -0.39 is 0 Å². The first kappa shape index (κ1) is 11.5. The van der Waals surface area contributed by atoms with Gasteiger partial charge in [0.05, 0.1) is 0 Å². The van der Waals surface area contributed by atoms with Gasteiger partial charge in [-0.05, 0) is 6.42 Å². The fraction of sp³-hybridized carbons (Fsp3) is 0.556. The van der Waals surface area contributed by atoms with Gasteiger partial charge in [-0.15, -0.1) is 0 Å². The summed E-state index contributed by atoms with van der Waals surface area (Å²) in [4.78, 5) is 22.9. The van der Waals surface area contributed by atoms with Gasteiger partial charge >= 0.3 is 5.69 Å². The van der Waals surface area contributed by atoms with E-state index in [2.05, 4.69) is 5.32 Å². The molecule has 0 unspecified atom stereocenters. The highest BCUT2D eigenvalue weighted by molar-refractivity contribution is 5.37. The minimum Gasteiger partial charge on any atom is -0.396 e. The van der Waals surface area contributed by atoms with Crippen LogP contribution in [0.2, 0.25) is 0 Å². The summed E-state index contributed by atoms with van der Waals surface area (Å²) in [5.41, 5.74) is -0.336. The minimum absolute atomic E-state index is 0.0685. The third-order valence-corrected chi connectivity index (χ3v) is 2.10. The first-order chi connectivity index (χ1) is 7.07. The molecule has 0 radical (unpaired) electrons. The van der Waals surface area contributed by atoms with E-state index in [9.17, 15) is 9.59 Å². The standard InChI is InChI=1S/C9H15N3O3/c1-11-6-7(10-4-3-5-13)8(14)12(2)9(11)15/h6,10,13H,3-5H2,1-2H3. The van der Waals surface area contributed by atoms with Gasteiger partial charge in [-0.1, -0.05) is 0 Å². The number of hydrogen-bond donors (Lipinski definition) is 2. The van der Waals surface area contributed by atoms with E-state index in [1.807, 2.05) is 0 Å². The summed E-state index contributed by atoms with van der Waals surface area (Å²) in [7, 11) is 3.01. The molecule has 0 saturated heterocycles. The third-order valence-electron chi connectivity index (χ3n) is 2.10. The van der Waals surface area contributed by atoms with Crippen LogP contribution in [0.1, 0.15) is 6.42 Å². The molecule has 0 spiro atoms. The highest BCUT2D eigenvalue weighted by Gasteiger charge is 2.05. The molecule has 0 aliphatic heterocycles. The van der Waals surface area contributed by atoms with E-state index >= 15 is 0 Å². The van der Waals surface area contributed by atoms with Crippen molar-refractivity contribution in [2.75, 3.05) is 18.5 Å². The van der Waals surface area contributed by atoms with E-state index in [1.54, 1.807) is 7.05 Å². The molecule has 0 aromatic carbocycles. The monoisotopic (exact) mass is 213 g/mol. The number of hydrogen-bond acceptors (Lipinski definition) is 4. The summed E-state index contributed by atoms with van der Waals surface area (Å²) in [6.45, 7) is 0.572. The molecule has 0 fully saturated rings. The van der Waals surface area contributed by atoms with Crippen LogP contribution in [0, 0.1) is 0 Å². The molecule has 1 aromatic rings. The second kappa shape index (κ2) is 4.79. The van der Waals surface area contributed by atoms with Gasteiger partial charge in [-0.2, -0.15) is 0 Å². The molecule has 1 aromatic heterocycles. The van der Waals surface area contributed by atoms with Crippen molar-refractivity contribution in [3.8, 4) is 0 Å². The molecule has 15 heavy (non-hydrogen) atoms. The average molecular weight is 213 g/mol. The lowest BCUT2D eigenvalue weighted by Crippen LogP contribution is -2.37. The zero-order chi connectivity index (χ0) is 11.4. The molecule has 6 heteroatoms. The van der Waals surface area contributed by atoms with Crippen molar-refractivity contribution in [1.29, 1.82) is 0 Å². The molecule has 6 nitrogen and oxygen atoms in total. The maximum Gasteiger partial charge on any atom is 0.330 e. The lowest BCUT2D eigenvalue weighted by Gasteiger charge is -2.08. The third kappa shape index (κ3) is 2.47. The Bertz CT molecular complexity index is 447. The van der Waals surface area contributed by atoms with Gasteiger partial charge in [0.2, 0.25) is 0 Å². The van der Waals surface area contributed by atoms with Gasteiger partial charge in [0.15, 0.2) is 0 Å². The first-order valence-electron chi connectivity index (χ1n) is 4.69. The summed E-state index contributed by atoms with van der Waals surface area (Å²) in [6.07, 6.45) is 2.02. The van der Waals surface area contributed by atoms with Crippen LogP contribution < -0.4 is 16.6 Å². The molecule has 0 saturated carbocycles. The summed E-state index contributed by atoms with van der Waals surface area (Å²) in [5.74, 6) is 0. The number of rotatable bonds is 4. The molecule has 1 heterocycles. The molecule has 84 valence electrons. The largest absolute Gasteiger partial charge is 0.396 e. The van der Waals surface area contributed by atoms with E-state index in [1.165, 1.54) is 17.8 Å². The van der Waals surface area contributed by atoms with E-state index in [4.69, 9.17) is 5.11 Å². The molecular weight excluding hydrogens is 198 g/mol. The van der Waals surface area contributed by atoms with Crippen LogP contribution in [0.3, 0.4) is 0 Å². The molecule has 2 N–H and O–H groups in total. The quantitative estimate of drug-likeness (QED) is 0.621. The zero-order valence-corrected chi connectivity index (χ0v) is 8.86. The van der Waals surface area contributed by atoms with Crippen LogP contribution in [0.4, 0.5) is 5.69 Å². The van der Waals surface area contributed by atoms with Gasteiger partial charge in [0.25, 0.3) is 5.56 Å². The fourth-order valence-electron chi connectivity index (χ4n) is 1.23. The number of aromatic nitrogens is 2. The Hall–Kier alpha value is -1.56. The second-order valence-electron chi connectivity index (χ2n) is 3.30. The van der Waals surface area contributed by atoms with Gasteiger partial charge in [-0.25, -0.2) is 4.79 Å². The summed E-state index contributed by atoms with van der Waals surface area (Å²) < 4.78 is 2.38. The van der Waals surface area contributed by atoms with Crippen molar-refractivity contribution in [3.63, 3.8) is 0 Å². The van der Waals surface area contributed by atoms with Crippen LogP contribution in [0.15, 0.2) is 15.8 Å². The Morgan fingerprint density at radius 3 is 2.67 bits per heavy atom. The van der Waals surface area contributed by atoms with Crippen LogP contribution in [-0.2, 0) is 14.1 Å². The molecule has 0 aliphatic rings. The number of aliphatic hydroxyl groups excluding tert-OH is 1. The van der Waals surface area contributed by atoms with Crippen LogP contribution in [0.5, 0.6) is 0 Å². The van der Waals surface area contributed by atoms with E-state index in [-0.39, 0.29) is 17.9 Å². The molecule has 0 amide bonds. The van der Waals surface area contributed by atoms with Gasteiger partial charge in [0.1, 0.15) is 5.69 Å². The average Bonchev–Trinajstić information content (AvgIpc) is 2.23. The number of nitrogens with one attached hydrogen (secondary N) is 1. The normalized spacial score (nSPS) is 10.3. The van der Waals surface area contributed by atoms with Crippen LogP contribution in [0.25, 0.3) is 0 Å². The molecule has 1 rings (SSSR count). The van der Waals surface area contributed by atoms with Crippen molar-refractivity contribution < 1.29 is 5.11 Å². The van der Waals surface area contributed by atoms with Gasteiger partial charge in [-0.3, -0.25) is 9.36 Å². The molecule has 0 aliphatic carbocycles. The maximum atomic E-state index is 11.6. The van der Waals surface area contributed by atoms with E-state index in [0.717, 1.165) is 4.57 Å². The number of aliphatic hydroxyl groups is 1. The van der Waals surface area contributed by atoms with Crippen molar-refractivity contribution in [1.82, 2.24) is 9.13 Å². The first-order valence-corrected chi connectivity index (χ1v) is 4.69. The Labute approximate surface area is 86.8 Å². The molecular formula is C9H15N3O3. The predicted octanol–water partition coefficient (Wildman–Crippen LogP) is -1.12. The predicted molar refractivity (Wildman–Crippen MR) is 57.1 cm³/mol. The van der Waals surface area contributed by atoms with Crippen LogP contribution >= 0.6 is 0 Å². The highest BCUT2D eigenvalue weighted by atomic mass is 16.3. The van der Waals surface area contributed by atoms with Crippen molar-refractivity contribution >= 4 is 5.69 Å². The fourth-order valence-corrected chi connectivity index (χ4v) is 1.23. The lowest BCUT2D eigenvalue weighted by atomic mass is 10.4. The Morgan fingerprint density at radius 2 is 2.07 bits per heavy atom. The Kier molecular flexibility index (Phi) is 3.68. The Balaban J connectivity index is 3.00. The topological polar surface area (TPSA) is 76.3 Å². The number of aryl methyl sites for hydroxylation is 1. The minimum atomic E-state index is -0.354. The van der Waals surface area contributed by atoms with Gasteiger partial charge in [0, 0.05) is 33.4 Å². The molecule has 0 atom stereocenters. The second-order valence-corrected chi connectivity index (χ2v) is 3.30. The zero-order valence-electron chi connectivity index (χ0n) is 8.86.